The number of carbonyl (C=O) groups is 2. The van der Waals surface area contributed by atoms with Gasteiger partial charge in [-0.25, -0.2) is 0 Å². The highest BCUT2D eigenvalue weighted by molar-refractivity contribution is 6.02. The second kappa shape index (κ2) is 9.80. The molecule has 2 N–H and O–H groups in total. The summed E-state index contributed by atoms with van der Waals surface area (Å²) in [4.78, 5) is 28.2. The first-order valence-corrected chi connectivity index (χ1v) is 13.3. The van der Waals surface area contributed by atoms with Crippen molar-refractivity contribution in [2.24, 2.45) is 5.92 Å². The van der Waals surface area contributed by atoms with Gasteiger partial charge in [0.1, 0.15) is 0 Å². The molecule has 38 heavy (non-hydrogen) atoms. The van der Waals surface area contributed by atoms with Crippen molar-refractivity contribution in [1.82, 2.24) is 4.90 Å². The number of aryl methyl sites for hydroxylation is 1. The summed E-state index contributed by atoms with van der Waals surface area (Å²) in [6.45, 7) is 3.80. The van der Waals surface area contributed by atoms with E-state index in [4.69, 9.17) is 9.47 Å². The van der Waals surface area contributed by atoms with Crippen molar-refractivity contribution in [3.8, 4) is 22.6 Å². The van der Waals surface area contributed by atoms with E-state index in [0.29, 0.717) is 36.1 Å². The molecule has 1 saturated carbocycles. The monoisotopic (exact) mass is 512 g/mol. The minimum absolute atomic E-state index is 0.0166. The molecule has 1 saturated heterocycles. The van der Waals surface area contributed by atoms with Gasteiger partial charge >= 0.3 is 0 Å². The Morgan fingerprint density at radius 3 is 2.42 bits per heavy atom. The van der Waals surface area contributed by atoms with E-state index in [1.54, 1.807) is 0 Å². The lowest BCUT2D eigenvalue weighted by molar-refractivity contribution is -0.118. The minimum atomic E-state index is -0.542. The number of ether oxygens (including phenoxy) is 2. The summed E-state index contributed by atoms with van der Waals surface area (Å²) >= 11 is 0. The lowest BCUT2D eigenvalue weighted by atomic mass is 9.94. The Morgan fingerprint density at radius 1 is 0.974 bits per heavy atom. The number of rotatable bonds is 6. The molecule has 1 aliphatic carbocycles. The van der Waals surface area contributed by atoms with Crippen LogP contribution in [-0.4, -0.2) is 48.3 Å². The minimum Gasteiger partial charge on any atom is -0.454 e. The van der Waals surface area contributed by atoms with E-state index < -0.39 is 5.41 Å². The van der Waals surface area contributed by atoms with Crippen LogP contribution in [0.5, 0.6) is 11.5 Å². The number of aliphatic hydroxyl groups is 1. The van der Waals surface area contributed by atoms with E-state index in [9.17, 15) is 14.7 Å². The van der Waals surface area contributed by atoms with Crippen LogP contribution >= 0.6 is 0 Å². The van der Waals surface area contributed by atoms with Crippen LogP contribution in [0.3, 0.4) is 0 Å². The first kappa shape index (κ1) is 24.5. The number of carbonyl (C=O) groups excluding carboxylic acids is 2. The Balaban J connectivity index is 1.17. The lowest BCUT2D eigenvalue weighted by Gasteiger charge is -2.31. The summed E-state index contributed by atoms with van der Waals surface area (Å²) in [5.74, 6) is 1.72. The Morgan fingerprint density at radius 2 is 1.71 bits per heavy atom. The van der Waals surface area contributed by atoms with Crippen molar-refractivity contribution in [2.75, 3.05) is 31.8 Å². The molecule has 0 unspecified atom stereocenters. The molecule has 2 heterocycles. The molecule has 3 aliphatic rings. The highest BCUT2D eigenvalue weighted by Gasteiger charge is 2.51. The number of amides is 2. The van der Waals surface area contributed by atoms with Gasteiger partial charge < -0.3 is 24.8 Å². The van der Waals surface area contributed by atoms with Crippen LogP contribution in [0.1, 0.15) is 47.2 Å². The van der Waals surface area contributed by atoms with Crippen molar-refractivity contribution in [1.29, 1.82) is 0 Å². The predicted molar refractivity (Wildman–Crippen MR) is 144 cm³/mol. The molecule has 3 aromatic carbocycles. The van der Waals surface area contributed by atoms with Crippen LogP contribution in [0.2, 0.25) is 0 Å². The third-order valence-corrected chi connectivity index (χ3v) is 8.21. The third-order valence-electron chi connectivity index (χ3n) is 8.21. The molecule has 3 aromatic rings. The zero-order valence-corrected chi connectivity index (χ0v) is 21.5. The van der Waals surface area contributed by atoms with Crippen LogP contribution < -0.4 is 14.8 Å². The molecule has 2 fully saturated rings. The van der Waals surface area contributed by atoms with Crippen LogP contribution in [0, 0.1) is 12.8 Å². The molecule has 2 aliphatic heterocycles. The van der Waals surface area contributed by atoms with Gasteiger partial charge in [0.25, 0.3) is 5.91 Å². The third kappa shape index (κ3) is 4.52. The first-order valence-electron chi connectivity index (χ1n) is 13.3. The van der Waals surface area contributed by atoms with E-state index in [-0.39, 0.29) is 25.2 Å². The highest BCUT2D eigenvalue weighted by Crippen LogP contribution is 2.51. The topological polar surface area (TPSA) is 88.1 Å². The Kier molecular flexibility index (Phi) is 6.32. The number of likely N-dealkylation sites (tertiary alicyclic amines) is 1. The molecule has 196 valence electrons. The maximum absolute atomic E-state index is 13.4. The number of hydrogen-bond donors (Lipinski definition) is 2. The number of benzene rings is 3. The second-order valence-corrected chi connectivity index (χ2v) is 10.6. The van der Waals surface area contributed by atoms with Crippen molar-refractivity contribution in [3.05, 3.63) is 77.4 Å². The molecular formula is C31H32N2O5. The summed E-state index contributed by atoms with van der Waals surface area (Å²) in [5, 5.41) is 12.5. The van der Waals surface area contributed by atoms with Crippen molar-refractivity contribution >= 4 is 17.5 Å². The van der Waals surface area contributed by atoms with Gasteiger partial charge in [0.05, 0.1) is 5.41 Å². The Labute approximate surface area is 222 Å². The summed E-state index contributed by atoms with van der Waals surface area (Å²) < 4.78 is 10.9. The summed E-state index contributed by atoms with van der Waals surface area (Å²) in [5.41, 5.74) is 4.91. The average molecular weight is 513 g/mol. The Bertz CT molecular complexity index is 1370. The number of hydrogen-bond acceptors (Lipinski definition) is 5. The molecule has 7 nitrogen and oxygen atoms in total. The van der Waals surface area contributed by atoms with Gasteiger partial charge in [0, 0.05) is 30.9 Å². The maximum Gasteiger partial charge on any atom is 0.253 e. The maximum atomic E-state index is 13.4. The quantitative estimate of drug-likeness (QED) is 0.490. The van der Waals surface area contributed by atoms with Crippen molar-refractivity contribution < 1.29 is 24.2 Å². The van der Waals surface area contributed by atoms with E-state index in [0.717, 1.165) is 53.6 Å². The van der Waals surface area contributed by atoms with Crippen LogP contribution in [0.4, 0.5) is 5.69 Å². The van der Waals surface area contributed by atoms with E-state index >= 15 is 0 Å². The van der Waals surface area contributed by atoms with Gasteiger partial charge in [-0.05, 0) is 97.2 Å². The number of anilines is 1. The van der Waals surface area contributed by atoms with E-state index in [1.807, 2.05) is 72.5 Å². The fourth-order valence-electron chi connectivity index (χ4n) is 5.52. The normalized spacial score (nSPS) is 17.8. The molecular weight excluding hydrogens is 480 g/mol. The van der Waals surface area contributed by atoms with Gasteiger partial charge in [-0.3, -0.25) is 9.59 Å². The van der Waals surface area contributed by atoms with Gasteiger partial charge in [0.15, 0.2) is 11.5 Å². The van der Waals surface area contributed by atoms with E-state index in [2.05, 4.69) is 5.32 Å². The lowest BCUT2D eigenvalue weighted by Crippen LogP contribution is -2.39. The predicted octanol–water partition coefficient (Wildman–Crippen LogP) is 4.91. The van der Waals surface area contributed by atoms with Gasteiger partial charge in [-0.2, -0.15) is 0 Å². The first-order chi connectivity index (χ1) is 18.5. The van der Waals surface area contributed by atoms with E-state index in [1.165, 1.54) is 0 Å². The molecule has 0 radical (unpaired) electrons. The fraction of sp³-hybridized carbons (Fsp3) is 0.355. The molecule has 0 spiro atoms. The smallest absolute Gasteiger partial charge is 0.253 e. The fourth-order valence-corrected chi connectivity index (χ4v) is 5.52. The zero-order chi connectivity index (χ0) is 26.3. The number of piperidine rings is 1. The molecule has 7 heteroatoms. The average Bonchev–Trinajstić information content (AvgIpc) is 3.64. The summed E-state index contributed by atoms with van der Waals surface area (Å²) in [7, 11) is 0. The zero-order valence-electron chi connectivity index (χ0n) is 21.5. The molecule has 0 bridgehead atoms. The number of aliphatic hydroxyl groups excluding tert-OH is 1. The standard InChI is InChI=1S/C31H32N2O5/c1-20-2-8-25(32-30(36)31(12-13-31)24-7-9-27-28(16-24)38-19-37-27)17-26(20)22-3-5-23(6-4-22)29(35)33-14-10-21(18-34)11-15-33/h2-9,16-17,21,34H,10-15,18-19H2,1H3,(H,32,36). The largest absolute Gasteiger partial charge is 0.454 e. The molecule has 0 aromatic heterocycles. The second-order valence-electron chi connectivity index (χ2n) is 10.6. The number of fused-ring (bicyclic) bond motifs is 1. The van der Waals surface area contributed by atoms with Gasteiger partial charge in [-0.15, -0.1) is 0 Å². The molecule has 2 amide bonds. The molecule has 0 atom stereocenters. The highest BCUT2D eigenvalue weighted by atomic mass is 16.7. The van der Waals surface area contributed by atoms with Crippen LogP contribution in [0.15, 0.2) is 60.7 Å². The molecule has 6 rings (SSSR count). The van der Waals surface area contributed by atoms with Crippen molar-refractivity contribution in [3.63, 3.8) is 0 Å². The summed E-state index contributed by atoms with van der Waals surface area (Å²) in [6.07, 6.45) is 3.27. The number of nitrogens with zero attached hydrogens (tertiary/aromatic N) is 1. The Hall–Kier alpha value is -3.84. The summed E-state index contributed by atoms with van der Waals surface area (Å²) in [6, 6.07) is 19.4. The SMILES string of the molecule is Cc1ccc(NC(=O)C2(c3ccc4c(c3)OCO4)CC2)cc1-c1ccc(C(=O)N2CCC(CO)CC2)cc1. The van der Waals surface area contributed by atoms with Crippen LogP contribution in [-0.2, 0) is 10.2 Å². The van der Waals surface area contributed by atoms with Crippen molar-refractivity contribution in [2.45, 2.75) is 38.0 Å². The number of nitrogens with one attached hydrogen (secondary N) is 1. The van der Waals surface area contributed by atoms with Crippen LogP contribution in [0.25, 0.3) is 11.1 Å². The van der Waals surface area contributed by atoms with Gasteiger partial charge in [0.2, 0.25) is 12.7 Å². The van der Waals surface area contributed by atoms with Gasteiger partial charge in [-0.1, -0.05) is 24.3 Å².